The summed E-state index contributed by atoms with van der Waals surface area (Å²) in [5.41, 5.74) is 0. The van der Waals surface area contributed by atoms with E-state index < -0.39 is 0 Å². The fourth-order valence-electron chi connectivity index (χ4n) is 4.48. The number of carbonyl (C=O) groups is 1. The van der Waals surface area contributed by atoms with E-state index in [0.717, 1.165) is 12.8 Å². The summed E-state index contributed by atoms with van der Waals surface area (Å²) >= 11 is 0. The van der Waals surface area contributed by atoms with Crippen LogP contribution in [0.4, 0.5) is 0 Å². The maximum atomic E-state index is 12.6. The first-order valence-electron chi connectivity index (χ1n) is 9.79. The molecule has 2 unspecified atom stereocenters. The number of amides is 1. The molecule has 0 saturated carbocycles. The lowest BCUT2D eigenvalue weighted by Crippen LogP contribution is -2.48. The van der Waals surface area contributed by atoms with E-state index in [-0.39, 0.29) is 25.3 Å². The zero-order chi connectivity index (χ0) is 19.1. The topological polar surface area (TPSA) is 73.2 Å². The van der Waals surface area contributed by atoms with Crippen LogP contribution in [0.1, 0.15) is 42.0 Å². The van der Waals surface area contributed by atoms with Crippen LogP contribution in [0.2, 0.25) is 0 Å². The van der Waals surface area contributed by atoms with Gasteiger partial charge in [-0.2, -0.15) is 0 Å². The van der Waals surface area contributed by atoms with Gasteiger partial charge in [0.2, 0.25) is 6.79 Å². The average molecular weight is 384 g/mol. The van der Waals surface area contributed by atoms with Gasteiger partial charge in [0.05, 0.1) is 0 Å². The van der Waals surface area contributed by atoms with Crippen LogP contribution in [0, 0.1) is 0 Å². The Hall–Kier alpha value is -2.67. The van der Waals surface area contributed by atoms with Crippen LogP contribution in [0.3, 0.4) is 0 Å². The number of hydrogen-bond donors (Lipinski definition) is 1. The smallest absolute Gasteiger partial charge is 0.287 e. The van der Waals surface area contributed by atoms with Crippen LogP contribution in [0.15, 0.2) is 34.7 Å². The Kier molecular flexibility index (Phi) is 4.39. The first-order chi connectivity index (χ1) is 13.7. The van der Waals surface area contributed by atoms with Gasteiger partial charge in [0, 0.05) is 24.2 Å². The van der Waals surface area contributed by atoms with Crippen LogP contribution in [0.25, 0.3) is 0 Å². The Morgan fingerprint density at radius 2 is 1.93 bits per heavy atom. The normalized spacial score (nSPS) is 25.7. The number of fused-ring (bicyclic) bond motifs is 3. The lowest BCUT2D eigenvalue weighted by atomic mass is 9.98. The van der Waals surface area contributed by atoms with E-state index in [2.05, 4.69) is 17.3 Å². The van der Waals surface area contributed by atoms with Gasteiger partial charge in [-0.15, -0.1) is 0 Å². The standard InChI is InChI=1S/C21H24N2O5/c1-23-14-2-3-15(23)9-13(8-14)22-21(24)19-7-5-17(28-19)11-25-16-4-6-18-20(10-16)27-12-26-18/h4-7,10,13-15H,2-3,8-9,11-12H2,1H3,(H,22,24). The van der Waals surface area contributed by atoms with E-state index in [4.69, 9.17) is 18.6 Å². The second kappa shape index (κ2) is 7.05. The highest BCUT2D eigenvalue weighted by molar-refractivity contribution is 5.91. The van der Waals surface area contributed by atoms with Crippen LogP contribution < -0.4 is 19.5 Å². The molecule has 2 atom stereocenters. The Labute approximate surface area is 163 Å². The number of carbonyl (C=O) groups excluding carboxylic acids is 1. The SMILES string of the molecule is CN1C2CCC1CC(NC(=O)c1ccc(COc3ccc4c(c3)OCO4)o1)C2. The zero-order valence-corrected chi connectivity index (χ0v) is 15.8. The summed E-state index contributed by atoms with van der Waals surface area (Å²) in [5.74, 6) is 2.83. The second-order valence-corrected chi connectivity index (χ2v) is 7.76. The summed E-state index contributed by atoms with van der Waals surface area (Å²) in [6, 6.07) is 10.3. The monoisotopic (exact) mass is 384 g/mol. The molecule has 1 amide bonds. The van der Waals surface area contributed by atoms with Crippen molar-refractivity contribution in [2.45, 2.75) is 50.4 Å². The van der Waals surface area contributed by atoms with Gasteiger partial charge >= 0.3 is 0 Å². The summed E-state index contributed by atoms with van der Waals surface area (Å²) < 4.78 is 22.1. The van der Waals surface area contributed by atoms with Crippen molar-refractivity contribution >= 4 is 5.91 Å². The molecule has 7 nitrogen and oxygen atoms in total. The number of benzene rings is 1. The van der Waals surface area contributed by atoms with Gasteiger partial charge < -0.3 is 28.8 Å². The highest BCUT2D eigenvalue weighted by Crippen LogP contribution is 2.36. The number of ether oxygens (including phenoxy) is 3. The van der Waals surface area contributed by atoms with Crippen LogP contribution >= 0.6 is 0 Å². The molecular formula is C21H24N2O5. The predicted octanol–water partition coefficient (Wildman–Crippen LogP) is 2.94. The molecule has 5 rings (SSSR count). The van der Waals surface area contributed by atoms with E-state index in [0.29, 0.717) is 40.9 Å². The van der Waals surface area contributed by atoms with Gasteiger partial charge in [0.15, 0.2) is 17.3 Å². The van der Waals surface area contributed by atoms with Crippen molar-refractivity contribution in [3.8, 4) is 17.2 Å². The minimum atomic E-state index is -0.150. The number of nitrogens with zero attached hydrogens (tertiary/aromatic N) is 1. The maximum Gasteiger partial charge on any atom is 0.287 e. The predicted molar refractivity (Wildman–Crippen MR) is 101 cm³/mol. The number of nitrogens with one attached hydrogen (secondary N) is 1. The van der Waals surface area contributed by atoms with Gasteiger partial charge in [0.25, 0.3) is 5.91 Å². The largest absolute Gasteiger partial charge is 0.486 e. The molecule has 2 fully saturated rings. The second-order valence-electron chi connectivity index (χ2n) is 7.76. The molecule has 28 heavy (non-hydrogen) atoms. The molecule has 148 valence electrons. The Morgan fingerprint density at radius 1 is 1.14 bits per heavy atom. The third-order valence-electron chi connectivity index (χ3n) is 6.04. The molecule has 3 aliphatic rings. The lowest BCUT2D eigenvalue weighted by Gasteiger charge is -2.36. The van der Waals surface area contributed by atoms with E-state index >= 15 is 0 Å². The van der Waals surface area contributed by atoms with E-state index in [1.807, 2.05) is 12.1 Å². The van der Waals surface area contributed by atoms with Crippen molar-refractivity contribution in [1.82, 2.24) is 10.2 Å². The molecule has 1 aromatic heterocycles. The Bertz CT molecular complexity index is 865. The molecule has 3 aliphatic heterocycles. The van der Waals surface area contributed by atoms with Gasteiger partial charge in [-0.3, -0.25) is 4.79 Å². The molecule has 0 spiro atoms. The van der Waals surface area contributed by atoms with Crippen molar-refractivity contribution in [1.29, 1.82) is 0 Å². The maximum absolute atomic E-state index is 12.6. The number of furan rings is 1. The summed E-state index contributed by atoms with van der Waals surface area (Å²) in [6.07, 6.45) is 4.49. The number of hydrogen-bond acceptors (Lipinski definition) is 6. The number of piperidine rings is 1. The molecular weight excluding hydrogens is 360 g/mol. The quantitative estimate of drug-likeness (QED) is 0.855. The van der Waals surface area contributed by atoms with Crippen LogP contribution in [-0.2, 0) is 6.61 Å². The highest BCUT2D eigenvalue weighted by atomic mass is 16.7. The highest BCUT2D eigenvalue weighted by Gasteiger charge is 2.39. The Morgan fingerprint density at radius 3 is 2.75 bits per heavy atom. The molecule has 4 heterocycles. The van der Waals surface area contributed by atoms with Gasteiger partial charge in [-0.05, 0) is 57.0 Å². The van der Waals surface area contributed by atoms with Crippen molar-refractivity contribution in [3.05, 3.63) is 41.9 Å². The minimum absolute atomic E-state index is 0.150. The van der Waals surface area contributed by atoms with Crippen molar-refractivity contribution in [3.63, 3.8) is 0 Å². The van der Waals surface area contributed by atoms with Crippen molar-refractivity contribution in [2.75, 3.05) is 13.8 Å². The Balaban J connectivity index is 1.16. The van der Waals surface area contributed by atoms with Crippen molar-refractivity contribution < 1.29 is 23.4 Å². The number of rotatable bonds is 5. The first-order valence-corrected chi connectivity index (χ1v) is 9.79. The molecule has 1 N–H and O–H groups in total. The zero-order valence-electron chi connectivity index (χ0n) is 15.8. The molecule has 1 aromatic carbocycles. The summed E-state index contributed by atoms with van der Waals surface area (Å²) in [4.78, 5) is 15.0. The third-order valence-corrected chi connectivity index (χ3v) is 6.04. The molecule has 2 saturated heterocycles. The molecule has 2 aromatic rings. The molecule has 2 bridgehead atoms. The van der Waals surface area contributed by atoms with Crippen LogP contribution in [-0.4, -0.2) is 42.8 Å². The minimum Gasteiger partial charge on any atom is -0.486 e. The van der Waals surface area contributed by atoms with Gasteiger partial charge in [-0.25, -0.2) is 0 Å². The van der Waals surface area contributed by atoms with E-state index in [1.165, 1.54) is 12.8 Å². The third kappa shape index (κ3) is 3.30. The van der Waals surface area contributed by atoms with E-state index in [1.54, 1.807) is 18.2 Å². The van der Waals surface area contributed by atoms with Crippen molar-refractivity contribution in [2.24, 2.45) is 0 Å². The fourth-order valence-corrected chi connectivity index (χ4v) is 4.48. The van der Waals surface area contributed by atoms with E-state index in [9.17, 15) is 4.79 Å². The summed E-state index contributed by atoms with van der Waals surface area (Å²) in [6.45, 7) is 0.472. The van der Waals surface area contributed by atoms with Gasteiger partial charge in [-0.1, -0.05) is 0 Å². The molecule has 0 radical (unpaired) electrons. The first kappa shape index (κ1) is 17.4. The fraction of sp³-hybridized carbons (Fsp3) is 0.476. The average Bonchev–Trinajstić information content (AvgIpc) is 3.39. The molecule has 7 heteroatoms. The van der Waals surface area contributed by atoms with Gasteiger partial charge in [0.1, 0.15) is 18.1 Å². The molecule has 0 aliphatic carbocycles. The lowest BCUT2D eigenvalue weighted by molar-refractivity contribution is 0.0851. The van der Waals surface area contributed by atoms with Crippen LogP contribution in [0.5, 0.6) is 17.2 Å². The summed E-state index contributed by atoms with van der Waals surface area (Å²) in [5, 5.41) is 3.14. The summed E-state index contributed by atoms with van der Waals surface area (Å²) in [7, 11) is 2.19.